The first-order chi connectivity index (χ1) is 12.2. The topological polar surface area (TPSA) is 162 Å². The van der Waals surface area contributed by atoms with Gasteiger partial charge in [-0.2, -0.15) is 0 Å². The smallest absolute Gasteiger partial charge is 0.322 e. The van der Waals surface area contributed by atoms with Crippen LogP contribution in [-0.4, -0.2) is 76.6 Å². The number of likely N-dealkylation sites (tertiary alicyclic amines) is 1. The van der Waals surface area contributed by atoms with E-state index in [9.17, 15) is 24.3 Å². The number of nitrogens with zero attached hydrogens (tertiary/aromatic N) is 1. The van der Waals surface area contributed by atoms with Gasteiger partial charge in [0.15, 0.2) is 0 Å². The van der Waals surface area contributed by atoms with Crippen LogP contribution in [0.4, 0.5) is 0 Å². The molecule has 1 fully saturated rings. The number of hydrogen-bond acceptors (Lipinski definition) is 6. The number of carboxylic acid groups (broad SMARTS) is 1. The van der Waals surface area contributed by atoms with E-state index in [4.69, 9.17) is 10.8 Å². The summed E-state index contributed by atoms with van der Waals surface area (Å²) in [5.41, 5.74) is 5.78. The average Bonchev–Trinajstić information content (AvgIpc) is 3.05. The Morgan fingerprint density at radius 1 is 1.27 bits per heavy atom. The zero-order chi connectivity index (χ0) is 19.9. The number of carbonyl (C=O) groups excluding carboxylic acids is 3. The third-order valence-electron chi connectivity index (χ3n) is 4.11. The van der Waals surface area contributed by atoms with Gasteiger partial charge in [-0.05, 0) is 25.2 Å². The quantitative estimate of drug-likeness (QED) is 0.313. The fraction of sp³-hybridized carbons (Fsp3) is 0.750. The van der Waals surface area contributed by atoms with Crippen LogP contribution in [0.1, 0.15) is 33.1 Å². The summed E-state index contributed by atoms with van der Waals surface area (Å²) in [6, 6.07) is -2.82. The highest BCUT2D eigenvalue weighted by Gasteiger charge is 2.37. The summed E-state index contributed by atoms with van der Waals surface area (Å²) in [5.74, 6) is -2.70. The van der Waals surface area contributed by atoms with Gasteiger partial charge in [0.1, 0.15) is 18.6 Å². The number of amides is 3. The molecular formula is C16H28N4O6. The monoisotopic (exact) mass is 372 g/mol. The van der Waals surface area contributed by atoms with E-state index < -0.39 is 55.0 Å². The van der Waals surface area contributed by atoms with Gasteiger partial charge in [0.25, 0.3) is 0 Å². The van der Waals surface area contributed by atoms with E-state index in [0.29, 0.717) is 19.3 Å². The maximum absolute atomic E-state index is 12.6. The molecule has 10 heteroatoms. The number of carboxylic acids is 1. The van der Waals surface area contributed by atoms with Gasteiger partial charge in [0.05, 0.1) is 12.6 Å². The van der Waals surface area contributed by atoms with E-state index in [2.05, 4.69) is 10.6 Å². The van der Waals surface area contributed by atoms with Gasteiger partial charge in [0, 0.05) is 6.54 Å². The number of rotatable bonds is 9. The first-order valence-electron chi connectivity index (χ1n) is 8.64. The van der Waals surface area contributed by atoms with Crippen LogP contribution in [0.25, 0.3) is 0 Å². The molecule has 1 saturated heterocycles. The fourth-order valence-electron chi connectivity index (χ4n) is 2.86. The molecule has 0 spiro atoms. The van der Waals surface area contributed by atoms with Crippen LogP contribution >= 0.6 is 0 Å². The molecule has 0 aromatic heterocycles. The molecule has 6 N–H and O–H groups in total. The molecule has 0 saturated carbocycles. The number of carbonyl (C=O) groups is 4. The zero-order valence-corrected chi connectivity index (χ0v) is 15.1. The first-order valence-corrected chi connectivity index (χ1v) is 8.64. The molecule has 0 bridgehead atoms. The van der Waals surface area contributed by atoms with Gasteiger partial charge in [-0.3, -0.25) is 19.2 Å². The Kier molecular flexibility index (Phi) is 8.46. The maximum Gasteiger partial charge on any atom is 0.322 e. The minimum Gasteiger partial charge on any atom is -0.480 e. The van der Waals surface area contributed by atoms with Crippen LogP contribution in [0, 0.1) is 5.92 Å². The van der Waals surface area contributed by atoms with Crippen molar-refractivity contribution in [1.82, 2.24) is 15.5 Å². The molecule has 0 aromatic rings. The second-order valence-electron chi connectivity index (χ2n) is 6.78. The van der Waals surface area contributed by atoms with Gasteiger partial charge in [-0.25, -0.2) is 0 Å². The van der Waals surface area contributed by atoms with Gasteiger partial charge >= 0.3 is 5.97 Å². The standard InChI is InChI=1S/C16H28N4O6/c1-9(2)6-10(17)14(24)19-11(8-21)16(26)20-5-3-4-12(20)15(25)18-7-13(22)23/h9-12,21H,3-8,17H2,1-2H3,(H,18,25)(H,19,24)(H,22,23). The Morgan fingerprint density at radius 2 is 1.92 bits per heavy atom. The van der Waals surface area contributed by atoms with E-state index in [1.165, 1.54) is 4.90 Å². The third kappa shape index (κ3) is 6.26. The van der Waals surface area contributed by atoms with Crippen molar-refractivity contribution in [3.8, 4) is 0 Å². The summed E-state index contributed by atoms with van der Waals surface area (Å²) >= 11 is 0. The molecule has 0 aliphatic carbocycles. The van der Waals surface area contributed by atoms with Crippen molar-refractivity contribution in [1.29, 1.82) is 0 Å². The van der Waals surface area contributed by atoms with E-state index in [1.54, 1.807) is 0 Å². The van der Waals surface area contributed by atoms with Gasteiger partial charge in [-0.15, -0.1) is 0 Å². The van der Waals surface area contributed by atoms with Crippen molar-refractivity contribution >= 4 is 23.7 Å². The van der Waals surface area contributed by atoms with Gasteiger partial charge < -0.3 is 31.5 Å². The predicted molar refractivity (Wildman–Crippen MR) is 91.8 cm³/mol. The molecule has 3 atom stereocenters. The highest BCUT2D eigenvalue weighted by atomic mass is 16.4. The molecule has 3 unspecified atom stereocenters. The predicted octanol–water partition coefficient (Wildman–Crippen LogP) is -1.97. The lowest BCUT2D eigenvalue weighted by molar-refractivity contribution is -0.143. The molecule has 1 aliphatic rings. The number of aliphatic hydroxyl groups excluding tert-OH is 1. The number of nitrogens with two attached hydrogens (primary N) is 1. The lowest BCUT2D eigenvalue weighted by Gasteiger charge is -2.28. The van der Waals surface area contributed by atoms with Gasteiger partial charge in [0.2, 0.25) is 17.7 Å². The second-order valence-corrected chi connectivity index (χ2v) is 6.78. The van der Waals surface area contributed by atoms with Crippen LogP contribution < -0.4 is 16.4 Å². The van der Waals surface area contributed by atoms with Crippen molar-refractivity contribution in [2.45, 2.75) is 51.2 Å². The molecule has 0 aromatic carbocycles. The van der Waals surface area contributed by atoms with Crippen molar-refractivity contribution < 1.29 is 29.4 Å². The molecule has 26 heavy (non-hydrogen) atoms. The molecule has 148 valence electrons. The molecule has 1 rings (SSSR count). The Labute approximate surface area is 152 Å². The Hall–Kier alpha value is -2.20. The van der Waals surface area contributed by atoms with Crippen LogP contribution in [0.5, 0.6) is 0 Å². The molecule has 10 nitrogen and oxygen atoms in total. The van der Waals surface area contributed by atoms with E-state index in [1.807, 2.05) is 13.8 Å². The highest BCUT2D eigenvalue weighted by molar-refractivity contribution is 5.94. The molecule has 0 radical (unpaired) electrons. The maximum atomic E-state index is 12.6. The second kappa shape index (κ2) is 10.1. The number of aliphatic carboxylic acids is 1. The summed E-state index contributed by atoms with van der Waals surface area (Å²) in [6.45, 7) is 2.94. The number of hydrogen-bond donors (Lipinski definition) is 5. The highest BCUT2D eigenvalue weighted by Crippen LogP contribution is 2.18. The number of nitrogens with one attached hydrogen (secondary N) is 2. The van der Waals surface area contributed by atoms with Crippen molar-refractivity contribution in [2.75, 3.05) is 19.7 Å². The van der Waals surface area contributed by atoms with Crippen molar-refractivity contribution in [2.24, 2.45) is 11.7 Å². The fourth-order valence-corrected chi connectivity index (χ4v) is 2.86. The minimum absolute atomic E-state index is 0.194. The Bertz CT molecular complexity index is 539. The lowest BCUT2D eigenvalue weighted by Crippen LogP contribution is -2.57. The summed E-state index contributed by atoms with van der Waals surface area (Å²) in [4.78, 5) is 48.6. The zero-order valence-electron chi connectivity index (χ0n) is 15.1. The largest absolute Gasteiger partial charge is 0.480 e. The van der Waals surface area contributed by atoms with Crippen LogP contribution in [-0.2, 0) is 19.2 Å². The molecule has 1 heterocycles. The molecular weight excluding hydrogens is 344 g/mol. The van der Waals surface area contributed by atoms with Crippen LogP contribution in [0.15, 0.2) is 0 Å². The van der Waals surface area contributed by atoms with E-state index >= 15 is 0 Å². The average molecular weight is 372 g/mol. The minimum atomic E-state index is -1.20. The summed E-state index contributed by atoms with van der Waals surface area (Å²) in [5, 5.41) is 22.8. The number of aliphatic hydroxyl groups is 1. The SMILES string of the molecule is CC(C)CC(N)C(=O)NC(CO)C(=O)N1CCCC1C(=O)NCC(=O)O. The molecule has 1 aliphatic heterocycles. The van der Waals surface area contributed by atoms with Crippen LogP contribution in [0.3, 0.4) is 0 Å². The third-order valence-corrected chi connectivity index (χ3v) is 4.11. The summed E-state index contributed by atoms with van der Waals surface area (Å²) in [6.07, 6.45) is 1.38. The van der Waals surface area contributed by atoms with E-state index in [0.717, 1.165) is 0 Å². The Morgan fingerprint density at radius 3 is 2.46 bits per heavy atom. The van der Waals surface area contributed by atoms with Crippen molar-refractivity contribution in [3.05, 3.63) is 0 Å². The van der Waals surface area contributed by atoms with Crippen LogP contribution in [0.2, 0.25) is 0 Å². The van der Waals surface area contributed by atoms with Crippen molar-refractivity contribution in [3.63, 3.8) is 0 Å². The Balaban J connectivity index is 2.72. The normalized spacial score (nSPS) is 19.1. The first kappa shape index (κ1) is 21.8. The van der Waals surface area contributed by atoms with E-state index in [-0.39, 0.29) is 12.5 Å². The van der Waals surface area contributed by atoms with Gasteiger partial charge in [-0.1, -0.05) is 13.8 Å². The summed E-state index contributed by atoms with van der Waals surface area (Å²) in [7, 11) is 0. The summed E-state index contributed by atoms with van der Waals surface area (Å²) < 4.78 is 0. The molecule has 3 amide bonds. The lowest BCUT2D eigenvalue weighted by atomic mass is 10.0.